The van der Waals surface area contributed by atoms with Crippen molar-refractivity contribution in [2.45, 2.75) is 45.1 Å². The molecule has 2 atom stereocenters. The van der Waals surface area contributed by atoms with E-state index < -0.39 is 0 Å². The van der Waals surface area contributed by atoms with Crippen LogP contribution in [0.5, 0.6) is 0 Å². The summed E-state index contributed by atoms with van der Waals surface area (Å²) in [5, 5.41) is 0. The third-order valence-corrected chi connectivity index (χ3v) is 4.69. The number of amides is 1. The fourth-order valence-corrected chi connectivity index (χ4v) is 3.62. The number of carbonyl (C=O) groups excluding carboxylic acids is 1. The van der Waals surface area contributed by atoms with Gasteiger partial charge in [-0.15, -0.1) is 0 Å². The summed E-state index contributed by atoms with van der Waals surface area (Å²) in [5.74, 6) is 1.06. The standard InChI is InChI=1S/C19H23N3O/c1-3-16(15-8-5-4-6-9-15)18-10-7-13-22(18)19(23)17-11-12-20-14(2)21-17/h4-6,8-9,11-12,16,18H,3,7,10,13H2,1-2H3/t16-,18+/m1/s1. The van der Waals surface area contributed by atoms with Gasteiger partial charge in [0.25, 0.3) is 5.91 Å². The van der Waals surface area contributed by atoms with Gasteiger partial charge in [-0.3, -0.25) is 4.79 Å². The summed E-state index contributed by atoms with van der Waals surface area (Å²) in [4.78, 5) is 23.3. The molecular weight excluding hydrogens is 286 g/mol. The summed E-state index contributed by atoms with van der Waals surface area (Å²) in [6.07, 6.45) is 4.81. The highest BCUT2D eigenvalue weighted by atomic mass is 16.2. The van der Waals surface area contributed by atoms with Crippen LogP contribution in [0.4, 0.5) is 0 Å². The van der Waals surface area contributed by atoms with Crippen molar-refractivity contribution in [1.82, 2.24) is 14.9 Å². The van der Waals surface area contributed by atoms with Gasteiger partial charge in [0.2, 0.25) is 0 Å². The van der Waals surface area contributed by atoms with E-state index in [1.165, 1.54) is 5.56 Å². The topological polar surface area (TPSA) is 46.1 Å². The van der Waals surface area contributed by atoms with E-state index in [4.69, 9.17) is 0 Å². The van der Waals surface area contributed by atoms with Gasteiger partial charge in [-0.25, -0.2) is 9.97 Å². The lowest BCUT2D eigenvalue weighted by Gasteiger charge is -2.31. The molecular formula is C19H23N3O. The molecule has 3 rings (SSSR count). The first-order valence-electron chi connectivity index (χ1n) is 8.36. The van der Waals surface area contributed by atoms with E-state index in [1.54, 1.807) is 12.3 Å². The smallest absolute Gasteiger partial charge is 0.272 e. The van der Waals surface area contributed by atoms with Crippen molar-refractivity contribution >= 4 is 5.91 Å². The molecule has 2 heterocycles. The molecule has 1 amide bonds. The number of rotatable bonds is 4. The molecule has 120 valence electrons. The lowest BCUT2D eigenvalue weighted by atomic mass is 9.87. The SMILES string of the molecule is CC[C@H](c1ccccc1)[C@@H]1CCCN1C(=O)c1ccnc(C)n1. The minimum Gasteiger partial charge on any atom is -0.334 e. The van der Waals surface area contributed by atoms with Crippen LogP contribution in [0.3, 0.4) is 0 Å². The zero-order valence-electron chi connectivity index (χ0n) is 13.8. The predicted octanol–water partition coefficient (Wildman–Crippen LogP) is 3.58. The first-order valence-corrected chi connectivity index (χ1v) is 8.36. The Hall–Kier alpha value is -2.23. The Morgan fingerprint density at radius 3 is 2.78 bits per heavy atom. The van der Waals surface area contributed by atoms with E-state index in [2.05, 4.69) is 41.2 Å². The van der Waals surface area contributed by atoms with Gasteiger partial charge < -0.3 is 4.90 Å². The Morgan fingerprint density at radius 2 is 2.09 bits per heavy atom. The Labute approximate surface area is 137 Å². The third kappa shape index (κ3) is 3.26. The molecule has 0 saturated carbocycles. The van der Waals surface area contributed by atoms with E-state index >= 15 is 0 Å². The summed E-state index contributed by atoms with van der Waals surface area (Å²) in [6.45, 7) is 4.83. The molecule has 23 heavy (non-hydrogen) atoms. The van der Waals surface area contributed by atoms with Crippen molar-refractivity contribution in [3.05, 3.63) is 59.7 Å². The van der Waals surface area contributed by atoms with Gasteiger partial charge in [-0.2, -0.15) is 0 Å². The molecule has 1 fully saturated rings. The van der Waals surface area contributed by atoms with Crippen LogP contribution in [0.1, 0.15) is 54.0 Å². The van der Waals surface area contributed by atoms with Gasteiger partial charge >= 0.3 is 0 Å². The highest BCUT2D eigenvalue weighted by Gasteiger charge is 2.35. The molecule has 0 aliphatic carbocycles. The fraction of sp³-hybridized carbons (Fsp3) is 0.421. The maximum Gasteiger partial charge on any atom is 0.272 e. The summed E-state index contributed by atoms with van der Waals surface area (Å²) < 4.78 is 0. The van der Waals surface area contributed by atoms with E-state index in [-0.39, 0.29) is 11.9 Å². The molecule has 0 spiro atoms. The number of hydrogen-bond donors (Lipinski definition) is 0. The van der Waals surface area contributed by atoms with Crippen LogP contribution in [0.2, 0.25) is 0 Å². The molecule has 0 radical (unpaired) electrons. The minimum atomic E-state index is 0.0346. The molecule has 4 heteroatoms. The van der Waals surface area contributed by atoms with Crippen molar-refractivity contribution in [2.24, 2.45) is 0 Å². The first kappa shape index (κ1) is 15.7. The van der Waals surface area contributed by atoms with Gasteiger partial charge in [0, 0.05) is 24.7 Å². The average Bonchev–Trinajstić information content (AvgIpc) is 3.05. The monoisotopic (exact) mass is 309 g/mol. The molecule has 1 aromatic heterocycles. The summed E-state index contributed by atoms with van der Waals surface area (Å²) in [7, 11) is 0. The molecule has 1 aliphatic rings. The van der Waals surface area contributed by atoms with Crippen LogP contribution in [-0.2, 0) is 0 Å². The highest BCUT2D eigenvalue weighted by Crippen LogP contribution is 2.34. The van der Waals surface area contributed by atoms with Crippen molar-refractivity contribution < 1.29 is 4.79 Å². The van der Waals surface area contributed by atoms with Gasteiger partial charge in [-0.05, 0) is 37.8 Å². The normalized spacial score (nSPS) is 18.9. The van der Waals surface area contributed by atoms with Crippen LogP contribution in [-0.4, -0.2) is 33.4 Å². The van der Waals surface area contributed by atoms with Crippen LogP contribution < -0.4 is 0 Å². The number of hydrogen-bond acceptors (Lipinski definition) is 3. The Balaban J connectivity index is 1.86. The molecule has 0 N–H and O–H groups in total. The van der Waals surface area contributed by atoms with Crippen LogP contribution in [0.25, 0.3) is 0 Å². The van der Waals surface area contributed by atoms with Crippen molar-refractivity contribution in [3.8, 4) is 0 Å². The van der Waals surface area contributed by atoms with Crippen molar-refractivity contribution in [1.29, 1.82) is 0 Å². The zero-order valence-corrected chi connectivity index (χ0v) is 13.8. The molecule has 1 saturated heterocycles. The van der Waals surface area contributed by atoms with E-state index in [0.717, 1.165) is 25.8 Å². The van der Waals surface area contributed by atoms with Gasteiger partial charge in [-0.1, -0.05) is 37.3 Å². The van der Waals surface area contributed by atoms with Crippen LogP contribution in [0.15, 0.2) is 42.6 Å². The maximum absolute atomic E-state index is 12.9. The number of aromatic nitrogens is 2. The number of benzene rings is 1. The second kappa shape index (κ2) is 6.90. The quantitative estimate of drug-likeness (QED) is 0.867. The fourth-order valence-electron chi connectivity index (χ4n) is 3.62. The van der Waals surface area contributed by atoms with Crippen LogP contribution in [0, 0.1) is 6.92 Å². The number of carbonyl (C=O) groups is 1. The van der Waals surface area contributed by atoms with E-state index in [0.29, 0.717) is 17.4 Å². The first-order chi connectivity index (χ1) is 11.2. The maximum atomic E-state index is 12.9. The molecule has 2 aromatic rings. The Kier molecular flexibility index (Phi) is 4.70. The summed E-state index contributed by atoms with van der Waals surface area (Å²) in [5.41, 5.74) is 1.82. The van der Waals surface area contributed by atoms with Crippen molar-refractivity contribution in [3.63, 3.8) is 0 Å². The number of nitrogens with zero attached hydrogens (tertiary/aromatic N) is 3. The van der Waals surface area contributed by atoms with Gasteiger partial charge in [0.15, 0.2) is 0 Å². The molecule has 1 aromatic carbocycles. The second-order valence-corrected chi connectivity index (χ2v) is 6.12. The Bertz CT molecular complexity index is 671. The van der Waals surface area contributed by atoms with Crippen LogP contribution >= 0.6 is 0 Å². The molecule has 0 bridgehead atoms. The predicted molar refractivity (Wildman–Crippen MR) is 90.3 cm³/mol. The van der Waals surface area contributed by atoms with Gasteiger partial charge in [0.1, 0.15) is 11.5 Å². The summed E-state index contributed by atoms with van der Waals surface area (Å²) in [6, 6.07) is 12.5. The minimum absolute atomic E-state index is 0.0346. The lowest BCUT2D eigenvalue weighted by Crippen LogP contribution is -2.39. The third-order valence-electron chi connectivity index (χ3n) is 4.69. The highest BCUT2D eigenvalue weighted by molar-refractivity contribution is 5.92. The largest absolute Gasteiger partial charge is 0.334 e. The van der Waals surface area contributed by atoms with Gasteiger partial charge in [0.05, 0.1) is 0 Å². The number of likely N-dealkylation sites (tertiary alicyclic amines) is 1. The average molecular weight is 309 g/mol. The van der Waals surface area contributed by atoms with Crippen molar-refractivity contribution in [2.75, 3.05) is 6.54 Å². The second-order valence-electron chi connectivity index (χ2n) is 6.12. The Morgan fingerprint density at radius 1 is 1.30 bits per heavy atom. The zero-order chi connectivity index (χ0) is 16.2. The van der Waals surface area contributed by atoms with E-state index in [1.807, 2.05) is 17.9 Å². The van der Waals surface area contributed by atoms with E-state index in [9.17, 15) is 4.79 Å². The lowest BCUT2D eigenvalue weighted by molar-refractivity contribution is 0.0708. The molecule has 4 nitrogen and oxygen atoms in total. The summed E-state index contributed by atoms with van der Waals surface area (Å²) >= 11 is 0. The molecule has 1 aliphatic heterocycles. The number of aryl methyl sites for hydroxylation is 1. The molecule has 0 unspecified atom stereocenters.